The smallest absolute Gasteiger partial charge is 0.326 e. The molecule has 1 amide bonds. The summed E-state index contributed by atoms with van der Waals surface area (Å²) in [6, 6.07) is 2.29. The molecular formula is C10H11NO5S2. The summed E-state index contributed by atoms with van der Waals surface area (Å²) in [7, 11) is 0. The van der Waals surface area contributed by atoms with Crippen molar-refractivity contribution in [2.45, 2.75) is 16.7 Å². The summed E-state index contributed by atoms with van der Waals surface area (Å²) in [6.07, 6.45) is -0.634. The number of thiophene rings is 1. The molecule has 18 heavy (non-hydrogen) atoms. The molecule has 1 aromatic heterocycles. The van der Waals surface area contributed by atoms with Gasteiger partial charge in [0, 0.05) is 0 Å². The zero-order chi connectivity index (χ0) is 13.5. The third-order valence-electron chi connectivity index (χ3n) is 1.85. The number of amides is 1. The van der Waals surface area contributed by atoms with E-state index in [-0.39, 0.29) is 5.75 Å². The van der Waals surface area contributed by atoms with Gasteiger partial charge in [-0.05, 0) is 11.4 Å². The molecule has 1 unspecified atom stereocenters. The maximum absolute atomic E-state index is 11.5. The fourth-order valence-electron chi connectivity index (χ4n) is 1.09. The maximum atomic E-state index is 11.5. The van der Waals surface area contributed by atoms with Gasteiger partial charge in [0.25, 0.3) is 0 Å². The van der Waals surface area contributed by atoms with Crippen molar-refractivity contribution in [3.05, 3.63) is 17.5 Å². The van der Waals surface area contributed by atoms with Gasteiger partial charge < -0.3 is 15.5 Å². The third-order valence-corrected chi connectivity index (χ3v) is 3.98. The number of rotatable bonds is 7. The molecule has 0 spiro atoms. The van der Waals surface area contributed by atoms with Crippen LogP contribution >= 0.6 is 23.1 Å². The largest absolute Gasteiger partial charge is 0.481 e. The summed E-state index contributed by atoms with van der Waals surface area (Å²) >= 11 is 2.75. The summed E-state index contributed by atoms with van der Waals surface area (Å²) in [4.78, 5) is 32.6. The zero-order valence-electron chi connectivity index (χ0n) is 9.16. The lowest BCUT2D eigenvalue weighted by Gasteiger charge is -2.11. The molecule has 3 N–H and O–H groups in total. The predicted molar refractivity (Wildman–Crippen MR) is 66.9 cm³/mol. The molecule has 1 aromatic rings. The Morgan fingerprint density at radius 2 is 2.11 bits per heavy atom. The average molecular weight is 289 g/mol. The van der Waals surface area contributed by atoms with Gasteiger partial charge >= 0.3 is 11.9 Å². The summed E-state index contributed by atoms with van der Waals surface area (Å²) in [5, 5.41) is 21.3. The number of carboxylic acid groups (broad SMARTS) is 2. The zero-order valence-corrected chi connectivity index (χ0v) is 10.8. The number of carboxylic acids is 2. The number of carbonyl (C=O) groups excluding carboxylic acids is 1. The van der Waals surface area contributed by atoms with Gasteiger partial charge in [-0.15, -0.1) is 23.1 Å². The Kier molecular flexibility index (Phi) is 5.66. The lowest BCUT2D eigenvalue weighted by Crippen LogP contribution is -2.43. The van der Waals surface area contributed by atoms with Crippen LogP contribution < -0.4 is 5.32 Å². The highest BCUT2D eigenvalue weighted by atomic mass is 32.2. The molecule has 0 aliphatic heterocycles. The maximum Gasteiger partial charge on any atom is 0.326 e. The van der Waals surface area contributed by atoms with Gasteiger partial charge in [0.15, 0.2) is 0 Å². The number of hydrogen-bond donors (Lipinski definition) is 3. The van der Waals surface area contributed by atoms with Gasteiger partial charge in [0.05, 0.1) is 16.4 Å². The average Bonchev–Trinajstić information content (AvgIpc) is 2.77. The molecule has 98 valence electrons. The number of aliphatic carboxylic acids is 2. The highest BCUT2D eigenvalue weighted by Gasteiger charge is 2.22. The molecule has 0 aliphatic carbocycles. The van der Waals surface area contributed by atoms with E-state index in [1.807, 2.05) is 17.5 Å². The normalized spacial score (nSPS) is 11.8. The lowest BCUT2D eigenvalue weighted by molar-refractivity contribution is -0.147. The van der Waals surface area contributed by atoms with E-state index < -0.39 is 30.3 Å². The van der Waals surface area contributed by atoms with Crippen LogP contribution in [-0.4, -0.2) is 39.9 Å². The first-order valence-corrected chi connectivity index (χ1v) is 6.76. The Morgan fingerprint density at radius 1 is 1.39 bits per heavy atom. The summed E-state index contributed by atoms with van der Waals surface area (Å²) < 4.78 is 0.940. The van der Waals surface area contributed by atoms with E-state index in [4.69, 9.17) is 10.2 Å². The molecule has 0 aliphatic rings. The SMILES string of the molecule is O=C(O)CC(NC(=O)CSc1cccs1)C(=O)O. The van der Waals surface area contributed by atoms with E-state index in [9.17, 15) is 14.4 Å². The molecule has 0 saturated carbocycles. The van der Waals surface area contributed by atoms with Gasteiger partial charge in [-0.3, -0.25) is 9.59 Å². The van der Waals surface area contributed by atoms with E-state index in [1.54, 1.807) is 0 Å². The highest BCUT2D eigenvalue weighted by Crippen LogP contribution is 2.22. The Morgan fingerprint density at radius 3 is 2.61 bits per heavy atom. The lowest BCUT2D eigenvalue weighted by atomic mass is 10.2. The molecule has 0 saturated heterocycles. The summed E-state index contributed by atoms with van der Waals surface area (Å²) in [5.74, 6) is -3.06. The molecule has 1 rings (SSSR count). The molecule has 6 nitrogen and oxygen atoms in total. The van der Waals surface area contributed by atoms with Crippen LogP contribution in [-0.2, 0) is 14.4 Å². The topological polar surface area (TPSA) is 104 Å². The first kappa shape index (κ1) is 14.5. The fraction of sp³-hybridized carbons (Fsp3) is 0.300. The molecule has 0 radical (unpaired) electrons. The van der Waals surface area contributed by atoms with Crippen LogP contribution in [0.4, 0.5) is 0 Å². The first-order valence-electron chi connectivity index (χ1n) is 4.89. The van der Waals surface area contributed by atoms with Gasteiger partial charge in [-0.2, -0.15) is 0 Å². The van der Waals surface area contributed by atoms with Crippen LogP contribution in [0.3, 0.4) is 0 Å². The molecule has 1 heterocycles. The fourth-order valence-corrected chi connectivity index (χ4v) is 2.69. The van der Waals surface area contributed by atoms with Gasteiger partial charge in [0.2, 0.25) is 5.91 Å². The Labute approximate surface area is 111 Å². The summed E-state index contributed by atoms with van der Waals surface area (Å²) in [5.41, 5.74) is 0. The van der Waals surface area contributed by atoms with Gasteiger partial charge in [-0.25, -0.2) is 4.79 Å². The minimum atomic E-state index is -1.39. The quantitative estimate of drug-likeness (QED) is 0.644. The number of nitrogens with one attached hydrogen (secondary N) is 1. The predicted octanol–water partition coefficient (Wildman–Crippen LogP) is 0.884. The Bertz CT molecular complexity index is 431. The molecule has 0 fully saturated rings. The van der Waals surface area contributed by atoms with Gasteiger partial charge in [-0.1, -0.05) is 6.07 Å². The third kappa shape index (κ3) is 5.19. The van der Waals surface area contributed by atoms with Crippen molar-refractivity contribution in [2.75, 3.05) is 5.75 Å². The second-order valence-corrected chi connectivity index (χ2v) is 5.50. The standard InChI is InChI=1S/C10H11NO5S2/c12-7(5-18-9-2-1-3-17-9)11-6(10(15)16)4-8(13)14/h1-3,6H,4-5H2,(H,11,12)(H,13,14)(H,15,16). The molecular weight excluding hydrogens is 278 g/mol. The molecule has 1 atom stereocenters. The second-order valence-electron chi connectivity index (χ2n) is 3.28. The van der Waals surface area contributed by atoms with E-state index in [0.29, 0.717) is 0 Å². The second kappa shape index (κ2) is 7.02. The highest BCUT2D eigenvalue weighted by molar-refractivity contribution is 8.01. The van der Waals surface area contributed by atoms with E-state index in [1.165, 1.54) is 23.1 Å². The monoisotopic (exact) mass is 289 g/mol. The minimum Gasteiger partial charge on any atom is -0.481 e. The van der Waals surface area contributed by atoms with Crippen LogP contribution in [0.15, 0.2) is 21.7 Å². The van der Waals surface area contributed by atoms with Crippen molar-refractivity contribution in [1.29, 1.82) is 0 Å². The summed E-state index contributed by atoms with van der Waals surface area (Å²) in [6.45, 7) is 0. The van der Waals surface area contributed by atoms with Crippen molar-refractivity contribution in [3.63, 3.8) is 0 Å². The van der Waals surface area contributed by atoms with Crippen molar-refractivity contribution in [2.24, 2.45) is 0 Å². The number of thioether (sulfide) groups is 1. The van der Waals surface area contributed by atoms with Crippen LogP contribution in [0, 0.1) is 0 Å². The van der Waals surface area contributed by atoms with E-state index in [0.717, 1.165) is 4.21 Å². The number of carbonyl (C=O) groups is 3. The minimum absolute atomic E-state index is 0.0594. The van der Waals surface area contributed by atoms with Crippen LogP contribution in [0.1, 0.15) is 6.42 Å². The van der Waals surface area contributed by atoms with Crippen LogP contribution in [0.25, 0.3) is 0 Å². The van der Waals surface area contributed by atoms with E-state index in [2.05, 4.69) is 5.32 Å². The van der Waals surface area contributed by atoms with Crippen LogP contribution in [0.5, 0.6) is 0 Å². The molecule has 0 aromatic carbocycles. The molecule has 0 bridgehead atoms. The van der Waals surface area contributed by atoms with Crippen molar-refractivity contribution in [3.8, 4) is 0 Å². The van der Waals surface area contributed by atoms with Gasteiger partial charge in [0.1, 0.15) is 6.04 Å². The van der Waals surface area contributed by atoms with Crippen molar-refractivity contribution in [1.82, 2.24) is 5.32 Å². The first-order chi connectivity index (χ1) is 8.49. The number of hydrogen-bond acceptors (Lipinski definition) is 5. The van der Waals surface area contributed by atoms with Crippen molar-refractivity contribution < 1.29 is 24.6 Å². The Balaban J connectivity index is 2.41. The Hall–Kier alpha value is -1.54. The van der Waals surface area contributed by atoms with Crippen molar-refractivity contribution >= 4 is 40.9 Å². The van der Waals surface area contributed by atoms with E-state index >= 15 is 0 Å². The van der Waals surface area contributed by atoms with Crippen LogP contribution in [0.2, 0.25) is 0 Å². The molecule has 8 heteroatoms.